The van der Waals surface area contributed by atoms with Crippen LogP contribution in [-0.4, -0.2) is 73.3 Å². The van der Waals surface area contributed by atoms with E-state index in [0.717, 1.165) is 54.9 Å². The fourth-order valence-corrected chi connectivity index (χ4v) is 4.67. The van der Waals surface area contributed by atoms with Gasteiger partial charge in [0.1, 0.15) is 5.69 Å². The molecule has 1 aliphatic carbocycles. The summed E-state index contributed by atoms with van der Waals surface area (Å²) in [5, 5.41) is 11.4. The van der Waals surface area contributed by atoms with E-state index in [4.69, 9.17) is 9.90 Å². The standard InChI is InChI=1S/C26H32N6O.C2HF3O2/c1-3-30(4-2)16-8-15-27-25(33)23-17-22-24(32(23)26-28-13-7-14-29-26)20-9-5-6-10-21(20)31(22)18-19-11-12-19;3-2(4,5)1(6)7/h5-7,9-10,13-14,17,19H,3-4,8,11-12,15-16,18H2,1-2H3,(H,27,33);(H,6,7). The average molecular weight is 559 g/mol. The molecule has 0 unspecified atom stereocenters. The van der Waals surface area contributed by atoms with Gasteiger partial charge in [0.25, 0.3) is 5.91 Å². The molecule has 9 nitrogen and oxygen atoms in total. The molecule has 0 radical (unpaired) electrons. The maximum absolute atomic E-state index is 13.4. The van der Waals surface area contributed by atoms with Crippen molar-refractivity contribution in [2.75, 3.05) is 26.2 Å². The second-order valence-corrected chi connectivity index (χ2v) is 9.66. The average Bonchev–Trinajstić information content (AvgIpc) is 3.61. The Balaban J connectivity index is 0.000000470. The first kappa shape index (κ1) is 29.1. The number of nitrogens with one attached hydrogen (secondary N) is 1. The highest BCUT2D eigenvalue weighted by molar-refractivity contribution is 6.11. The van der Waals surface area contributed by atoms with Crippen molar-refractivity contribution in [3.05, 3.63) is 54.5 Å². The predicted octanol–water partition coefficient (Wildman–Crippen LogP) is 4.88. The Morgan fingerprint density at radius 1 is 1.07 bits per heavy atom. The Labute approximate surface area is 229 Å². The van der Waals surface area contributed by atoms with Gasteiger partial charge in [0.15, 0.2) is 0 Å². The third-order valence-electron chi connectivity index (χ3n) is 6.92. The molecule has 1 saturated carbocycles. The van der Waals surface area contributed by atoms with Crippen LogP contribution in [0, 0.1) is 5.92 Å². The molecule has 1 fully saturated rings. The lowest BCUT2D eigenvalue weighted by molar-refractivity contribution is -0.192. The number of fused-ring (bicyclic) bond motifs is 3. The zero-order chi connectivity index (χ0) is 28.9. The van der Waals surface area contributed by atoms with E-state index in [1.807, 2.05) is 10.6 Å². The summed E-state index contributed by atoms with van der Waals surface area (Å²) < 4.78 is 36.0. The topological polar surface area (TPSA) is 105 Å². The summed E-state index contributed by atoms with van der Waals surface area (Å²) in [4.78, 5) is 33.6. The molecular formula is C28H33F3N6O3. The van der Waals surface area contributed by atoms with Crippen molar-refractivity contribution in [1.29, 1.82) is 0 Å². The van der Waals surface area contributed by atoms with Gasteiger partial charge in [-0.2, -0.15) is 13.2 Å². The van der Waals surface area contributed by atoms with Gasteiger partial charge in [-0.15, -0.1) is 0 Å². The Bertz CT molecular complexity index is 1460. The first-order chi connectivity index (χ1) is 19.2. The van der Waals surface area contributed by atoms with Crippen molar-refractivity contribution in [2.45, 2.75) is 45.8 Å². The first-order valence-corrected chi connectivity index (χ1v) is 13.4. The van der Waals surface area contributed by atoms with E-state index >= 15 is 0 Å². The number of aliphatic carboxylic acids is 1. The number of hydrogen-bond donors (Lipinski definition) is 2. The first-order valence-electron chi connectivity index (χ1n) is 13.4. The van der Waals surface area contributed by atoms with Crippen molar-refractivity contribution in [3.63, 3.8) is 0 Å². The van der Waals surface area contributed by atoms with Gasteiger partial charge in [0.05, 0.1) is 16.6 Å². The molecule has 0 spiro atoms. The number of nitrogens with zero attached hydrogens (tertiary/aromatic N) is 5. The van der Waals surface area contributed by atoms with Crippen molar-refractivity contribution >= 4 is 33.8 Å². The van der Waals surface area contributed by atoms with Gasteiger partial charge in [-0.25, -0.2) is 14.8 Å². The van der Waals surface area contributed by atoms with Crippen LogP contribution in [0.2, 0.25) is 0 Å². The van der Waals surface area contributed by atoms with Gasteiger partial charge in [0, 0.05) is 30.9 Å². The van der Waals surface area contributed by atoms with E-state index < -0.39 is 12.1 Å². The molecule has 40 heavy (non-hydrogen) atoms. The number of carbonyl (C=O) groups excluding carboxylic acids is 1. The van der Waals surface area contributed by atoms with Gasteiger partial charge in [0.2, 0.25) is 5.95 Å². The lowest BCUT2D eigenvalue weighted by Crippen LogP contribution is -2.31. The van der Waals surface area contributed by atoms with Gasteiger partial charge in [-0.1, -0.05) is 32.0 Å². The second kappa shape index (κ2) is 12.5. The fraction of sp³-hybridized carbons (Fsp3) is 0.429. The zero-order valence-corrected chi connectivity index (χ0v) is 22.5. The number of amides is 1. The third kappa shape index (κ3) is 6.61. The number of rotatable bonds is 10. The van der Waals surface area contributed by atoms with Gasteiger partial charge >= 0.3 is 12.1 Å². The predicted molar refractivity (Wildman–Crippen MR) is 146 cm³/mol. The summed E-state index contributed by atoms with van der Waals surface area (Å²) in [5.74, 6) is -1.60. The second-order valence-electron chi connectivity index (χ2n) is 9.66. The maximum Gasteiger partial charge on any atom is 0.490 e. The fourth-order valence-electron chi connectivity index (χ4n) is 4.67. The number of carboxylic acids is 1. The number of hydrogen-bond acceptors (Lipinski definition) is 5. The van der Waals surface area contributed by atoms with E-state index in [1.54, 1.807) is 18.5 Å². The molecule has 0 atom stereocenters. The molecule has 1 aliphatic rings. The van der Waals surface area contributed by atoms with E-state index in [-0.39, 0.29) is 5.91 Å². The Hall–Kier alpha value is -3.93. The van der Waals surface area contributed by atoms with Crippen LogP contribution in [0.3, 0.4) is 0 Å². The van der Waals surface area contributed by atoms with Crippen LogP contribution in [0.4, 0.5) is 13.2 Å². The van der Waals surface area contributed by atoms with E-state index in [0.29, 0.717) is 18.2 Å². The minimum absolute atomic E-state index is 0.0831. The van der Waals surface area contributed by atoms with E-state index in [1.165, 1.54) is 18.4 Å². The number of carbonyl (C=O) groups is 2. The van der Waals surface area contributed by atoms with Gasteiger partial charge < -0.3 is 19.9 Å². The molecule has 3 aromatic heterocycles. The molecule has 12 heteroatoms. The summed E-state index contributed by atoms with van der Waals surface area (Å²) in [6, 6.07) is 12.3. The monoisotopic (exact) mass is 558 g/mol. The van der Waals surface area contributed by atoms with Crippen LogP contribution in [0.25, 0.3) is 27.9 Å². The molecular weight excluding hydrogens is 525 g/mol. The van der Waals surface area contributed by atoms with Crippen LogP contribution in [-0.2, 0) is 11.3 Å². The minimum atomic E-state index is -5.08. The molecule has 1 aromatic carbocycles. The SMILES string of the molecule is CCN(CC)CCCNC(=O)c1cc2c(c3ccccc3n2CC2CC2)n1-c1ncccn1.O=C(O)C(F)(F)F. The Morgan fingerprint density at radius 2 is 1.73 bits per heavy atom. The highest BCUT2D eigenvalue weighted by Crippen LogP contribution is 2.37. The van der Waals surface area contributed by atoms with Crippen molar-refractivity contribution in [1.82, 2.24) is 29.3 Å². The molecule has 0 saturated heterocycles. The van der Waals surface area contributed by atoms with Crippen molar-refractivity contribution in [2.24, 2.45) is 5.92 Å². The molecule has 0 aliphatic heterocycles. The summed E-state index contributed by atoms with van der Waals surface area (Å²) >= 11 is 0. The van der Waals surface area contributed by atoms with Crippen LogP contribution in [0.5, 0.6) is 0 Å². The Kier molecular flexibility index (Phi) is 9.08. The van der Waals surface area contributed by atoms with Crippen LogP contribution in [0.1, 0.15) is 43.6 Å². The van der Waals surface area contributed by atoms with Crippen molar-refractivity contribution < 1.29 is 27.9 Å². The maximum atomic E-state index is 13.4. The molecule has 214 valence electrons. The Morgan fingerprint density at radius 3 is 2.33 bits per heavy atom. The summed E-state index contributed by atoms with van der Waals surface area (Å²) in [6.07, 6.45) is 1.84. The minimum Gasteiger partial charge on any atom is -0.475 e. The summed E-state index contributed by atoms with van der Waals surface area (Å²) in [7, 11) is 0. The summed E-state index contributed by atoms with van der Waals surface area (Å²) in [6.45, 7) is 9.00. The van der Waals surface area contributed by atoms with Gasteiger partial charge in [-0.3, -0.25) is 9.36 Å². The molecule has 2 N–H and O–H groups in total. The number of carboxylic acid groups (broad SMARTS) is 1. The smallest absolute Gasteiger partial charge is 0.475 e. The molecule has 4 aromatic rings. The zero-order valence-electron chi connectivity index (χ0n) is 22.5. The van der Waals surface area contributed by atoms with Crippen molar-refractivity contribution in [3.8, 4) is 5.95 Å². The quantitative estimate of drug-likeness (QED) is 0.269. The molecule has 5 rings (SSSR count). The number of benzene rings is 1. The number of halogens is 3. The van der Waals surface area contributed by atoms with Crippen LogP contribution < -0.4 is 5.32 Å². The van der Waals surface area contributed by atoms with Gasteiger partial charge in [-0.05, 0) is 63.0 Å². The summed E-state index contributed by atoms with van der Waals surface area (Å²) in [5.41, 5.74) is 3.86. The highest BCUT2D eigenvalue weighted by Gasteiger charge is 2.38. The highest BCUT2D eigenvalue weighted by atomic mass is 19.4. The number of aromatic nitrogens is 4. The lowest BCUT2D eigenvalue weighted by Gasteiger charge is -2.17. The molecule has 3 heterocycles. The normalized spacial score (nSPS) is 13.4. The largest absolute Gasteiger partial charge is 0.490 e. The number of para-hydroxylation sites is 1. The number of alkyl halides is 3. The lowest BCUT2D eigenvalue weighted by atomic mass is 10.2. The molecule has 1 amide bonds. The third-order valence-corrected chi connectivity index (χ3v) is 6.92. The van der Waals surface area contributed by atoms with E-state index in [2.05, 4.69) is 62.9 Å². The molecule has 0 bridgehead atoms. The van der Waals surface area contributed by atoms with E-state index in [9.17, 15) is 18.0 Å². The van der Waals surface area contributed by atoms with Crippen LogP contribution in [0.15, 0.2) is 48.8 Å². The van der Waals surface area contributed by atoms with Crippen LogP contribution >= 0.6 is 0 Å².